The molecule has 98 valence electrons. The van der Waals surface area contributed by atoms with Crippen LogP contribution in [0.4, 0.5) is 0 Å². The van der Waals surface area contributed by atoms with Crippen LogP contribution in [0, 0.1) is 0 Å². The molecule has 0 aromatic rings. The molecule has 0 bridgehead atoms. The SMILES string of the molecule is CCC(CC)(CC(=O)O)NC(=O)C1CCCO1. The van der Waals surface area contributed by atoms with Gasteiger partial charge in [-0.05, 0) is 25.7 Å². The van der Waals surface area contributed by atoms with Gasteiger partial charge < -0.3 is 15.2 Å². The van der Waals surface area contributed by atoms with E-state index in [1.807, 2.05) is 13.8 Å². The van der Waals surface area contributed by atoms with Crippen LogP contribution in [-0.2, 0) is 14.3 Å². The van der Waals surface area contributed by atoms with Crippen molar-refractivity contribution in [3.05, 3.63) is 0 Å². The summed E-state index contributed by atoms with van der Waals surface area (Å²) in [6.45, 7) is 4.40. The highest BCUT2D eigenvalue weighted by atomic mass is 16.5. The average molecular weight is 243 g/mol. The van der Waals surface area contributed by atoms with Crippen LogP contribution in [0.2, 0.25) is 0 Å². The van der Waals surface area contributed by atoms with Crippen LogP contribution in [0.25, 0.3) is 0 Å². The Labute approximate surface area is 102 Å². The van der Waals surface area contributed by atoms with Gasteiger partial charge in [0.2, 0.25) is 5.91 Å². The molecule has 0 radical (unpaired) electrons. The summed E-state index contributed by atoms with van der Waals surface area (Å²) in [6.07, 6.45) is 2.38. The van der Waals surface area contributed by atoms with Crippen molar-refractivity contribution in [2.45, 2.75) is 57.6 Å². The van der Waals surface area contributed by atoms with E-state index in [0.717, 1.165) is 12.8 Å². The Morgan fingerprint density at radius 2 is 2.06 bits per heavy atom. The molecule has 0 saturated carbocycles. The van der Waals surface area contributed by atoms with Crippen molar-refractivity contribution in [3.8, 4) is 0 Å². The number of carboxylic acids is 1. The standard InChI is InChI=1S/C12H21NO4/c1-3-12(4-2,8-10(14)15)13-11(16)9-6-5-7-17-9/h9H,3-8H2,1-2H3,(H,13,16)(H,14,15). The van der Waals surface area contributed by atoms with Crippen LogP contribution in [0.5, 0.6) is 0 Å². The Morgan fingerprint density at radius 3 is 2.47 bits per heavy atom. The molecule has 2 N–H and O–H groups in total. The van der Waals surface area contributed by atoms with E-state index in [1.54, 1.807) is 0 Å². The van der Waals surface area contributed by atoms with Crippen LogP contribution < -0.4 is 5.32 Å². The molecule has 5 nitrogen and oxygen atoms in total. The molecule has 1 atom stereocenters. The first-order valence-corrected chi connectivity index (χ1v) is 6.18. The van der Waals surface area contributed by atoms with Crippen LogP contribution >= 0.6 is 0 Å². The average Bonchev–Trinajstić information content (AvgIpc) is 2.80. The number of hydrogen-bond donors (Lipinski definition) is 2. The summed E-state index contributed by atoms with van der Waals surface area (Å²) in [5.74, 6) is -1.06. The minimum absolute atomic E-state index is 0.0432. The predicted octanol–water partition coefficient (Wildman–Crippen LogP) is 1.32. The number of carboxylic acid groups (broad SMARTS) is 1. The Bertz CT molecular complexity index is 280. The number of ether oxygens (including phenoxy) is 1. The van der Waals surface area contributed by atoms with E-state index in [4.69, 9.17) is 9.84 Å². The van der Waals surface area contributed by atoms with Gasteiger partial charge >= 0.3 is 5.97 Å². The summed E-state index contributed by atoms with van der Waals surface area (Å²) >= 11 is 0. The van der Waals surface area contributed by atoms with Gasteiger partial charge in [0, 0.05) is 6.61 Å². The predicted molar refractivity (Wildman–Crippen MR) is 62.7 cm³/mol. The summed E-state index contributed by atoms with van der Waals surface area (Å²) in [4.78, 5) is 22.8. The second kappa shape index (κ2) is 6.00. The fourth-order valence-corrected chi connectivity index (χ4v) is 2.14. The highest BCUT2D eigenvalue weighted by Crippen LogP contribution is 2.21. The molecule has 1 aliphatic heterocycles. The molecular weight excluding hydrogens is 222 g/mol. The topological polar surface area (TPSA) is 75.6 Å². The number of carbonyl (C=O) groups is 2. The first-order chi connectivity index (χ1) is 8.03. The lowest BCUT2D eigenvalue weighted by Crippen LogP contribution is -2.52. The van der Waals surface area contributed by atoms with E-state index in [9.17, 15) is 9.59 Å². The normalized spacial score (nSPS) is 20.2. The molecule has 1 fully saturated rings. The molecule has 1 unspecified atom stereocenters. The first kappa shape index (κ1) is 14.0. The monoisotopic (exact) mass is 243 g/mol. The van der Waals surface area contributed by atoms with E-state index in [-0.39, 0.29) is 12.3 Å². The fourth-order valence-electron chi connectivity index (χ4n) is 2.14. The minimum Gasteiger partial charge on any atom is -0.481 e. The number of hydrogen-bond acceptors (Lipinski definition) is 3. The van der Waals surface area contributed by atoms with Crippen molar-refractivity contribution < 1.29 is 19.4 Å². The van der Waals surface area contributed by atoms with E-state index < -0.39 is 17.6 Å². The Morgan fingerprint density at radius 1 is 1.41 bits per heavy atom. The molecule has 0 aliphatic carbocycles. The summed E-state index contributed by atoms with van der Waals surface area (Å²) in [5.41, 5.74) is -0.644. The summed E-state index contributed by atoms with van der Waals surface area (Å²) in [5, 5.41) is 11.8. The van der Waals surface area contributed by atoms with Gasteiger partial charge in [0.25, 0.3) is 0 Å². The van der Waals surface area contributed by atoms with Gasteiger partial charge in [0.05, 0.1) is 12.0 Å². The third-order valence-corrected chi connectivity index (χ3v) is 3.45. The quantitative estimate of drug-likeness (QED) is 0.737. The number of nitrogens with one attached hydrogen (secondary N) is 1. The lowest BCUT2D eigenvalue weighted by molar-refractivity contribution is -0.140. The van der Waals surface area contributed by atoms with Gasteiger partial charge in [-0.15, -0.1) is 0 Å². The third-order valence-electron chi connectivity index (χ3n) is 3.45. The van der Waals surface area contributed by atoms with Crippen molar-refractivity contribution in [2.24, 2.45) is 0 Å². The largest absolute Gasteiger partial charge is 0.481 e. The van der Waals surface area contributed by atoms with Gasteiger partial charge in [0.15, 0.2) is 0 Å². The highest BCUT2D eigenvalue weighted by Gasteiger charge is 2.34. The number of amides is 1. The molecule has 1 heterocycles. The summed E-state index contributed by atoms with van der Waals surface area (Å²) in [7, 11) is 0. The molecule has 5 heteroatoms. The third kappa shape index (κ3) is 3.70. The van der Waals surface area contributed by atoms with Gasteiger partial charge in [-0.1, -0.05) is 13.8 Å². The van der Waals surface area contributed by atoms with Crippen molar-refractivity contribution in [2.75, 3.05) is 6.61 Å². The van der Waals surface area contributed by atoms with Gasteiger partial charge in [0.1, 0.15) is 6.10 Å². The maximum absolute atomic E-state index is 11.9. The Hall–Kier alpha value is -1.10. The van der Waals surface area contributed by atoms with Crippen LogP contribution in [0.1, 0.15) is 46.0 Å². The summed E-state index contributed by atoms with van der Waals surface area (Å²) < 4.78 is 5.30. The van der Waals surface area contributed by atoms with Crippen molar-refractivity contribution >= 4 is 11.9 Å². The van der Waals surface area contributed by atoms with Crippen LogP contribution in [0.15, 0.2) is 0 Å². The second-order valence-electron chi connectivity index (χ2n) is 4.55. The van der Waals surface area contributed by atoms with E-state index in [0.29, 0.717) is 19.4 Å². The highest BCUT2D eigenvalue weighted by molar-refractivity contribution is 5.82. The number of carbonyl (C=O) groups excluding carboxylic acids is 1. The zero-order valence-corrected chi connectivity index (χ0v) is 10.5. The number of aliphatic carboxylic acids is 1. The lowest BCUT2D eigenvalue weighted by atomic mass is 9.88. The fraction of sp³-hybridized carbons (Fsp3) is 0.833. The Kier molecular flexibility index (Phi) is 4.93. The maximum Gasteiger partial charge on any atom is 0.305 e. The molecule has 0 aromatic heterocycles. The minimum atomic E-state index is -0.888. The zero-order valence-electron chi connectivity index (χ0n) is 10.5. The molecule has 0 spiro atoms. The Balaban J connectivity index is 2.64. The summed E-state index contributed by atoms with van der Waals surface area (Å²) in [6, 6.07) is 0. The van der Waals surface area contributed by atoms with E-state index >= 15 is 0 Å². The molecule has 1 amide bonds. The molecule has 0 aromatic carbocycles. The second-order valence-corrected chi connectivity index (χ2v) is 4.55. The lowest BCUT2D eigenvalue weighted by Gasteiger charge is -2.32. The molecule has 1 aliphatic rings. The molecular formula is C12H21NO4. The maximum atomic E-state index is 11.9. The van der Waals surface area contributed by atoms with E-state index in [1.165, 1.54) is 0 Å². The van der Waals surface area contributed by atoms with Gasteiger partial charge in [-0.25, -0.2) is 0 Å². The van der Waals surface area contributed by atoms with Crippen LogP contribution in [0.3, 0.4) is 0 Å². The molecule has 17 heavy (non-hydrogen) atoms. The van der Waals surface area contributed by atoms with Crippen molar-refractivity contribution in [1.29, 1.82) is 0 Å². The van der Waals surface area contributed by atoms with E-state index in [2.05, 4.69) is 5.32 Å². The van der Waals surface area contributed by atoms with Gasteiger partial charge in [-0.2, -0.15) is 0 Å². The van der Waals surface area contributed by atoms with Crippen molar-refractivity contribution in [1.82, 2.24) is 5.32 Å². The molecule has 1 rings (SSSR count). The smallest absolute Gasteiger partial charge is 0.305 e. The zero-order chi connectivity index (χ0) is 12.9. The number of rotatable bonds is 6. The first-order valence-electron chi connectivity index (χ1n) is 6.18. The molecule has 1 saturated heterocycles. The van der Waals surface area contributed by atoms with Crippen LogP contribution in [-0.4, -0.2) is 35.2 Å². The van der Waals surface area contributed by atoms with Crippen molar-refractivity contribution in [3.63, 3.8) is 0 Å². The van der Waals surface area contributed by atoms with Gasteiger partial charge in [-0.3, -0.25) is 9.59 Å².